The lowest BCUT2D eigenvalue weighted by atomic mass is 9.68. The molecule has 2 aromatic rings. The van der Waals surface area contributed by atoms with Crippen molar-refractivity contribution in [1.29, 1.82) is 0 Å². The van der Waals surface area contributed by atoms with Crippen molar-refractivity contribution in [2.24, 2.45) is 5.41 Å². The first-order valence-corrected chi connectivity index (χ1v) is 9.91. The molecule has 0 atom stereocenters. The highest BCUT2D eigenvalue weighted by atomic mass is 16.5. The fourth-order valence-electron chi connectivity index (χ4n) is 4.59. The number of nitrogens with one attached hydrogen (secondary N) is 3. The van der Waals surface area contributed by atoms with Crippen LogP contribution < -0.4 is 10.6 Å². The molecule has 3 N–H and O–H groups in total. The monoisotopic (exact) mass is 355 g/mol. The first-order chi connectivity index (χ1) is 12.7. The largest absolute Gasteiger partial charge is 0.381 e. The smallest absolute Gasteiger partial charge is 0.315 e. The van der Waals surface area contributed by atoms with Gasteiger partial charge in [0.05, 0.1) is 0 Å². The molecule has 0 unspecified atom stereocenters. The Morgan fingerprint density at radius 3 is 2.77 bits per heavy atom. The predicted molar refractivity (Wildman–Crippen MR) is 103 cm³/mol. The maximum Gasteiger partial charge on any atom is 0.315 e. The summed E-state index contributed by atoms with van der Waals surface area (Å²) in [5, 5.41) is 7.44. The van der Waals surface area contributed by atoms with Crippen molar-refractivity contribution in [3.8, 4) is 0 Å². The second-order valence-corrected chi connectivity index (χ2v) is 7.89. The third-order valence-electron chi connectivity index (χ3n) is 6.30. The number of amides is 2. The van der Waals surface area contributed by atoms with Crippen LogP contribution >= 0.6 is 0 Å². The zero-order valence-corrected chi connectivity index (χ0v) is 15.4. The molecule has 1 aromatic heterocycles. The molecular weight excluding hydrogens is 326 g/mol. The van der Waals surface area contributed by atoms with Gasteiger partial charge in [0.25, 0.3) is 0 Å². The minimum Gasteiger partial charge on any atom is -0.381 e. The van der Waals surface area contributed by atoms with E-state index in [0.717, 1.165) is 38.0 Å². The Kier molecular flexibility index (Phi) is 5.16. The number of aromatic amines is 1. The van der Waals surface area contributed by atoms with Crippen molar-refractivity contribution < 1.29 is 9.53 Å². The van der Waals surface area contributed by atoms with Crippen LogP contribution in [0.4, 0.5) is 4.79 Å². The molecule has 140 valence electrons. The van der Waals surface area contributed by atoms with Crippen molar-refractivity contribution in [3.05, 3.63) is 36.0 Å². The minimum atomic E-state index is -0.0285. The van der Waals surface area contributed by atoms with E-state index < -0.39 is 0 Å². The fourth-order valence-corrected chi connectivity index (χ4v) is 4.59. The maximum atomic E-state index is 12.2. The van der Waals surface area contributed by atoms with E-state index >= 15 is 0 Å². The summed E-state index contributed by atoms with van der Waals surface area (Å²) in [4.78, 5) is 15.5. The number of hydrogen-bond donors (Lipinski definition) is 3. The Morgan fingerprint density at radius 2 is 1.96 bits per heavy atom. The Hall–Kier alpha value is -2.01. The molecule has 1 saturated heterocycles. The van der Waals surface area contributed by atoms with E-state index in [9.17, 15) is 4.79 Å². The predicted octanol–water partition coefficient (Wildman–Crippen LogP) is 3.75. The molecular formula is C21H29N3O2. The molecule has 2 amide bonds. The molecule has 1 saturated carbocycles. The molecule has 4 rings (SSSR count). The topological polar surface area (TPSA) is 66.2 Å². The van der Waals surface area contributed by atoms with Gasteiger partial charge < -0.3 is 20.4 Å². The van der Waals surface area contributed by atoms with Gasteiger partial charge in [-0.05, 0) is 68.1 Å². The molecule has 2 heterocycles. The summed E-state index contributed by atoms with van der Waals surface area (Å²) in [6.45, 7) is 2.48. The van der Waals surface area contributed by atoms with Crippen molar-refractivity contribution in [3.63, 3.8) is 0 Å². The van der Waals surface area contributed by atoms with Crippen molar-refractivity contribution in [2.75, 3.05) is 19.8 Å². The number of ether oxygens (including phenoxy) is 1. The Balaban J connectivity index is 1.21. The van der Waals surface area contributed by atoms with Gasteiger partial charge in [-0.1, -0.05) is 12.1 Å². The number of rotatable bonds is 4. The Morgan fingerprint density at radius 1 is 1.15 bits per heavy atom. The summed E-state index contributed by atoms with van der Waals surface area (Å²) in [5.41, 5.74) is 2.90. The van der Waals surface area contributed by atoms with Gasteiger partial charge in [0.2, 0.25) is 0 Å². The molecule has 2 fully saturated rings. The van der Waals surface area contributed by atoms with Gasteiger partial charge in [0.1, 0.15) is 0 Å². The van der Waals surface area contributed by atoms with Crippen molar-refractivity contribution in [2.45, 2.75) is 51.0 Å². The fraction of sp³-hybridized carbons (Fsp3) is 0.571. The van der Waals surface area contributed by atoms with E-state index in [-0.39, 0.29) is 6.03 Å². The van der Waals surface area contributed by atoms with Crippen LogP contribution in [0.5, 0.6) is 0 Å². The van der Waals surface area contributed by atoms with Crippen LogP contribution in [0.1, 0.15) is 44.1 Å². The standard InChI is InChI=1S/C21H29N3O2/c25-20(23-12-6-16-2-1-3-19-18(16)7-13-22-19)24-17-4-8-21(9-5-17)10-14-26-15-11-21/h1-3,7,13,17,22H,4-6,8-12,14-15H2,(H2,23,24,25). The third-order valence-corrected chi connectivity index (χ3v) is 6.30. The van der Waals surface area contributed by atoms with E-state index in [1.165, 1.54) is 36.6 Å². The van der Waals surface area contributed by atoms with Gasteiger partial charge >= 0.3 is 6.03 Å². The number of carbonyl (C=O) groups is 1. The highest BCUT2D eigenvalue weighted by Gasteiger charge is 2.36. The van der Waals surface area contributed by atoms with Gasteiger partial charge in [-0.25, -0.2) is 4.79 Å². The zero-order chi connectivity index (χ0) is 17.8. The summed E-state index contributed by atoms with van der Waals surface area (Å²) in [7, 11) is 0. The first kappa shape index (κ1) is 17.4. The third kappa shape index (κ3) is 3.88. The van der Waals surface area contributed by atoms with Crippen LogP contribution in [-0.4, -0.2) is 36.8 Å². The molecule has 26 heavy (non-hydrogen) atoms. The van der Waals surface area contributed by atoms with E-state index in [4.69, 9.17) is 4.74 Å². The summed E-state index contributed by atoms with van der Waals surface area (Å²) >= 11 is 0. The van der Waals surface area contributed by atoms with Gasteiger partial charge in [-0.3, -0.25) is 0 Å². The van der Waals surface area contributed by atoms with Gasteiger partial charge in [0, 0.05) is 42.9 Å². The van der Waals surface area contributed by atoms with E-state index in [1.54, 1.807) is 0 Å². The molecule has 5 nitrogen and oxygen atoms in total. The Bertz CT molecular complexity index is 739. The number of urea groups is 1. The number of fused-ring (bicyclic) bond motifs is 1. The SMILES string of the molecule is O=C(NCCc1cccc2[nH]ccc12)NC1CCC2(CCOCC2)CC1. The molecule has 5 heteroatoms. The van der Waals surface area contributed by atoms with Gasteiger partial charge in [0.15, 0.2) is 0 Å². The van der Waals surface area contributed by atoms with Gasteiger partial charge in [-0.15, -0.1) is 0 Å². The Labute approximate surface area is 154 Å². The van der Waals surface area contributed by atoms with Crippen LogP contribution in [0.15, 0.2) is 30.5 Å². The first-order valence-electron chi connectivity index (χ1n) is 9.91. The van der Waals surface area contributed by atoms with Crippen LogP contribution in [0.25, 0.3) is 10.9 Å². The molecule has 1 aromatic carbocycles. The highest BCUT2D eigenvalue weighted by Crippen LogP contribution is 2.44. The molecule has 0 radical (unpaired) electrons. The van der Waals surface area contributed by atoms with E-state index in [1.807, 2.05) is 6.20 Å². The normalized spacial score (nSPS) is 20.3. The lowest BCUT2D eigenvalue weighted by Gasteiger charge is -2.42. The second kappa shape index (κ2) is 7.70. The average molecular weight is 355 g/mol. The number of hydrogen-bond acceptors (Lipinski definition) is 2. The lowest BCUT2D eigenvalue weighted by Crippen LogP contribution is -2.46. The number of H-pyrrole nitrogens is 1. The van der Waals surface area contributed by atoms with Crippen molar-refractivity contribution >= 4 is 16.9 Å². The summed E-state index contributed by atoms with van der Waals surface area (Å²) in [5.74, 6) is 0. The number of carbonyl (C=O) groups excluding carboxylic acids is 1. The average Bonchev–Trinajstić information content (AvgIpc) is 3.14. The van der Waals surface area contributed by atoms with Crippen LogP contribution in [0.2, 0.25) is 0 Å². The quantitative estimate of drug-likeness (QED) is 0.782. The summed E-state index contributed by atoms with van der Waals surface area (Å²) in [6.07, 6.45) is 9.81. The molecule has 2 aliphatic rings. The van der Waals surface area contributed by atoms with Crippen LogP contribution in [0.3, 0.4) is 0 Å². The van der Waals surface area contributed by atoms with Crippen LogP contribution in [0, 0.1) is 5.41 Å². The lowest BCUT2D eigenvalue weighted by molar-refractivity contribution is -0.00860. The maximum absolute atomic E-state index is 12.2. The molecule has 1 spiro atoms. The van der Waals surface area contributed by atoms with E-state index in [0.29, 0.717) is 18.0 Å². The summed E-state index contributed by atoms with van der Waals surface area (Å²) in [6, 6.07) is 8.65. The van der Waals surface area contributed by atoms with E-state index in [2.05, 4.69) is 39.9 Å². The minimum absolute atomic E-state index is 0.0285. The molecule has 1 aliphatic carbocycles. The zero-order valence-electron chi connectivity index (χ0n) is 15.4. The van der Waals surface area contributed by atoms with Gasteiger partial charge in [-0.2, -0.15) is 0 Å². The summed E-state index contributed by atoms with van der Waals surface area (Å²) < 4.78 is 5.51. The highest BCUT2D eigenvalue weighted by molar-refractivity contribution is 5.83. The van der Waals surface area contributed by atoms with Crippen molar-refractivity contribution in [1.82, 2.24) is 15.6 Å². The second-order valence-electron chi connectivity index (χ2n) is 7.89. The molecule has 0 bridgehead atoms. The van der Waals surface area contributed by atoms with Crippen LogP contribution in [-0.2, 0) is 11.2 Å². The number of benzene rings is 1. The molecule has 1 aliphatic heterocycles. The number of aromatic nitrogens is 1.